The van der Waals surface area contributed by atoms with E-state index in [1.807, 2.05) is 0 Å². The molecular weight excluding hydrogens is 196 g/mol. The van der Waals surface area contributed by atoms with Gasteiger partial charge in [-0.2, -0.15) is 4.99 Å². The van der Waals surface area contributed by atoms with Crippen LogP contribution >= 0.6 is 0 Å². The number of carbonyl (C=O) groups is 2. The highest BCUT2D eigenvalue weighted by Crippen LogP contribution is 2.21. The fourth-order valence-corrected chi connectivity index (χ4v) is 1.47. The third-order valence-electron chi connectivity index (χ3n) is 2.15. The quantitative estimate of drug-likeness (QED) is 0.400. The van der Waals surface area contributed by atoms with Crippen LogP contribution in [0.5, 0.6) is 0 Å². The highest BCUT2D eigenvalue weighted by Gasteiger charge is 2.34. The highest BCUT2D eigenvalue weighted by atomic mass is 16.2. The first kappa shape index (κ1) is 9.30. The van der Waals surface area contributed by atoms with Crippen molar-refractivity contribution in [2.45, 2.75) is 0 Å². The number of nitrogens with zero attached hydrogens (tertiary/aromatic N) is 2. The Morgan fingerprint density at radius 3 is 2.13 bits per heavy atom. The number of aliphatic imine (C=N–C) groups is 1. The fraction of sp³-hybridized carbons (Fsp3) is 0.100. The molecule has 1 aliphatic rings. The number of carbonyl (C=O) groups excluding carboxylic acids is 3. The van der Waals surface area contributed by atoms with Crippen molar-refractivity contribution in [3.05, 3.63) is 35.4 Å². The highest BCUT2D eigenvalue weighted by molar-refractivity contribution is 6.21. The van der Waals surface area contributed by atoms with Gasteiger partial charge in [-0.25, -0.2) is 4.79 Å². The van der Waals surface area contributed by atoms with Crippen LogP contribution in [0.15, 0.2) is 29.3 Å². The van der Waals surface area contributed by atoms with E-state index in [0.717, 1.165) is 4.90 Å². The Morgan fingerprint density at radius 2 is 1.67 bits per heavy atom. The van der Waals surface area contributed by atoms with Crippen molar-refractivity contribution < 1.29 is 14.4 Å². The number of amides is 2. The molecule has 0 fully saturated rings. The number of imide groups is 1. The van der Waals surface area contributed by atoms with Gasteiger partial charge in [-0.05, 0) is 12.1 Å². The third-order valence-corrected chi connectivity index (χ3v) is 2.15. The minimum Gasteiger partial charge on any atom is -0.269 e. The van der Waals surface area contributed by atoms with Crippen molar-refractivity contribution in [1.29, 1.82) is 0 Å². The number of hydrogen-bond acceptors (Lipinski definition) is 4. The molecule has 1 heterocycles. The Bertz CT molecular complexity index is 454. The van der Waals surface area contributed by atoms with Gasteiger partial charge in [-0.1, -0.05) is 12.1 Å². The van der Waals surface area contributed by atoms with Crippen LogP contribution in [0.25, 0.3) is 0 Å². The van der Waals surface area contributed by atoms with Crippen LogP contribution in [-0.2, 0) is 4.79 Å². The van der Waals surface area contributed by atoms with Crippen LogP contribution in [0.4, 0.5) is 0 Å². The number of rotatable bonds is 2. The van der Waals surface area contributed by atoms with Crippen molar-refractivity contribution in [1.82, 2.24) is 4.90 Å². The Hall–Kier alpha value is -2.26. The predicted molar refractivity (Wildman–Crippen MR) is 49.9 cm³/mol. The largest absolute Gasteiger partial charge is 0.269 e. The molecule has 1 aromatic rings. The molecule has 0 bridgehead atoms. The van der Waals surface area contributed by atoms with Gasteiger partial charge in [-0.15, -0.1) is 0 Å². The molecule has 0 aromatic heterocycles. The lowest BCUT2D eigenvalue weighted by atomic mass is 10.1. The number of fused-ring (bicyclic) bond motifs is 1. The summed E-state index contributed by atoms with van der Waals surface area (Å²) in [4.78, 5) is 37.3. The monoisotopic (exact) mass is 202 g/mol. The molecule has 1 aliphatic heterocycles. The Kier molecular flexibility index (Phi) is 2.15. The van der Waals surface area contributed by atoms with Gasteiger partial charge in [0.15, 0.2) is 0 Å². The third kappa shape index (κ3) is 1.35. The van der Waals surface area contributed by atoms with Crippen LogP contribution in [-0.4, -0.2) is 29.5 Å². The lowest BCUT2D eigenvalue weighted by Crippen LogP contribution is -2.29. The number of benzene rings is 1. The van der Waals surface area contributed by atoms with E-state index >= 15 is 0 Å². The van der Waals surface area contributed by atoms with E-state index in [0.29, 0.717) is 11.1 Å². The zero-order valence-corrected chi connectivity index (χ0v) is 7.64. The zero-order chi connectivity index (χ0) is 10.8. The summed E-state index contributed by atoms with van der Waals surface area (Å²) in [6.45, 7) is -0.268. The molecule has 0 unspecified atom stereocenters. The summed E-state index contributed by atoms with van der Waals surface area (Å²) in [6.07, 6.45) is 1.29. The molecule has 0 saturated heterocycles. The van der Waals surface area contributed by atoms with Gasteiger partial charge in [-0.3, -0.25) is 14.5 Å². The van der Waals surface area contributed by atoms with Gasteiger partial charge >= 0.3 is 0 Å². The van der Waals surface area contributed by atoms with E-state index in [2.05, 4.69) is 4.99 Å². The molecule has 2 rings (SSSR count). The van der Waals surface area contributed by atoms with Gasteiger partial charge in [0.1, 0.15) is 6.67 Å². The molecule has 1 aromatic carbocycles. The minimum atomic E-state index is -0.422. The first-order chi connectivity index (χ1) is 7.25. The smallest absolute Gasteiger partial charge is 0.263 e. The first-order valence-corrected chi connectivity index (χ1v) is 4.24. The van der Waals surface area contributed by atoms with Crippen LogP contribution in [0.1, 0.15) is 20.7 Å². The summed E-state index contributed by atoms with van der Waals surface area (Å²) in [5, 5.41) is 0. The van der Waals surface area contributed by atoms with Gasteiger partial charge < -0.3 is 0 Å². The molecule has 0 N–H and O–H groups in total. The summed E-state index contributed by atoms with van der Waals surface area (Å²) in [5.41, 5.74) is 0.701. The number of hydrogen-bond donors (Lipinski definition) is 0. The molecule has 0 saturated carbocycles. The molecule has 74 valence electrons. The van der Waals surface area contributed by atoms with Gasteiger partial charge in [0, 0.05) is 0 Å². The standard InChI is InChI=1S/C10H6N2O3/c13-6-11-5-12-9(14)7-3-1-2-4-8(7)10(12)15/h1-4H,5H2. The van der Waals surface area contributed by atoms with Crippen LogP contribution < -0.4 is 0 Å². The normalized spacial score (nSPS) is 13.7. The number of isocyanates is 1. The second-order valence-corrected chi connectivity index (χ2v) is 2.97. The maximum absolute atomic E-state index is 11.6. The molecule has 0 spiro atoms. The van der Waals surface area contributed by atoms with Gasteiger partial charge in [0.05, 0.1) is 11.1 Å². The molecule has 5 nitrogen and oxygen atoms in total. The summed E-state index contributed by atoms with van der Waals surface area (Å²) >= 11 is 0. The van der Waals surface area contributed by atoms with Crippen LogP contribution in [0, 0.1) is 0 Å². The lowest BCUT2D eigenvalue weighted by molar-refractivity contribution is 0.0659. The van der Waals surface area contributed by atoms with Crippen molar-refractivity contribution in [2.24, 2.45) is 4.99 Å². The van der Waals surface area contributed by atoms with E-state index in [9.17, 15) is 14.4 Å². The molecule has 0 atom stereocenters. The fourth-order valence-electron chi connectivity index (χ4n) is 1.47. The molecule has 15 heavy (non-hydrogen) atoms. The second-order valence-electron chi connectivity index (χ2n) is 2.97. The maximum Gasteiger partial charge on any atom is 0.263 e. The summed E-state index contributed by atoms with van der Waals surface area (Å²) < 4.78 is 0. The molecular formula is C10H6N2O3. The molecule has 2 amide bonds. The van der Waals surface area contributed by atoms with E-state index < -0.39 is 11.8 Å². The van der Waals surface area contributed by atoms with Gasteiger partial charge in [0.25, 0.3) is 11.8 Å². The zero-order valence-electron chi connectivity index (χ0n) is 7.64. The maximum atomic E-state index is 11.6. The SMILES string of the molecule is O=C=NCN1C(=O)c2ccccc2C1=O. The Morgan fingerprint density at radius 1 is 1.13 bits per heavy atom. The average molecular weight is 202 g/mol. The van der Waals surface area contributed by atoms with E-state index in [-0.39, 0.29) is 6.67 Å². The Balaban J connectivity index is 2.41. The predicted octanol–water partition coefficient (Wildman–Crippen LogP) is 0.576. The average Bonchev–Trinajstić information content (AvgIpc) is 2.51. The molecule has 5 heteroatoms. The van der Waals surface area contributed by atoms with Crippen LogP contribution in [0.3, 0.4) is 0 Å². The Labute approximate surface area is 85.0 Å². The molecule has 0 aliphatic carbocycles. The van der Waals surface area contributed by atoms with Crippen molar-refractivity contribution in [2.75, 3.05) is 6.67 Å². The van der Waals surface area contributed by atoms with E-state index in [4.69, 9.17) is 0 Å². The van der Waals surface area contributed by atoms with Crippen molar-refractivity contribution >= 4 is 17.9 Å². The minimum absolute atomic E-state index is 0.268. The first-order valence-electron chi connectivity index (χ1n) is 4.24. The second kappa shape index (κ2) is 3.48. The summed E-state index contributed by atoms with van der Waals surface area (Å²) in [7, 11) is 0. The molecule has 0 radical (unpaired) electrons. The van der Waals surface area contributed by atoms with Crippen molar-refractivity contribution in [3.63, 3.8) is 0 Å². The van der Waals surface area contributed by atoms with Gasteiger partial charge in [0.2, 0.25) is 6.08 Å². The van der Waals surface area contributed by atoms with Crippen molar-refractivity contribution in [3.8, 4) is 0 Å². The van der Waals surface area contributed by atoms with E-state index in [1.165, 1.54) is 6.08 Å². The summed E-state index contributed by atoms with van der Waals surface area (Å²) in [6, 6.07) is 6.49. The topological polar surface area (TPSA) is 66.8 Å². The van der Waals surface area contributed by atoms with Crippen LogP contribution in [0.2, 0.25) is 0 Å². The van der Waals surface area contributed by atoms with E-state index in [1.54, 1.807) is 24.3 Å². The lowest BCUT2D eigenvalue weighted by Gasteiger charge is -2.07. The summed E-state index contributed by atoms with van der Waals surface area (Å²) in [5.74, 6) is -0.843.